The molecule has 3 nitrogen and oxygen atoms in total. The number of sulfonamides is 1. The van der Waals surface area contributed by atoms with E-state index in [2.05, 4.69) is 0 Å². The first-order valence-corrected chi connectivity index (χ1v) is 5.31. The normalized spacial score (nSPS) is 10.5. The van der Waals surface area contributed by atoms with E-state index in [1.807, 2.05) is 6.07 Å². The van der Waals surface area contributed by atoms with Gasteiger partial charge in [-0.15, -0.1) is 16.6 Å². The molecule has 1 aromatic carbocycles. The Bertz CT molecular complexity index is 339. The van der Waals surface area contributed by atoms with Gasteiger partial charge in [-0.1, -0.05) is 30.3 Å². The van der Waals surface area contributed by atoms with Crippen molar-refractivity contribution in [2.75, 3.05) is 0 Å². The number of nitrogens with one attached hydrogen (secondary N) is 1. The highest BCUT2D eigenvalue weighted by atomic mass is 35.5. The van der Waals surface area contributed by atoms with Crippen molar-refractivity contribution < 1.29 is 8.42 Å². The van der Waals surface area contributed by atoms with Crippen LogP contribution < -0.4 is 4.24 Å². The predicted molar refractivity (Wildman–Crippen MR) is 55.3 cm³/mol. The van der Waals surface area contributed by atoms with Gasteiger partial charge in [0.15, 0.2) is 0 Å². The summed E-state index contributed by atoms with van der Waals surface area (Å²) in [5.74, 6) is -0.0860. The van der Waals surface area contributed by atoms with E-state index in [0.29, 0.717) is 5.56 Å². The van der Waals surface area contributed by atoms with Gasteiger partial charge >= 0.3 is 0 Å². The van der Waals surface area contributed by atoms with Crippen LogP contribution in [-0.2, 0) is 15.8 Å². The summed E-state index contributed by atoms with van der Waals surface area (Å²) < 4.78 is 23.6. The maximum absolute atomic E-state index is 10.9. The Hall–Kier alpha value is -0.290. The third kappa shape index (κ3) is 4.47. The highest BCUT2D eigenvalue weighted by molar-refractivity contribution is 7.89. The third-order valence-corrected chi connectivity index (χ3v) is 2.97. The molecule has 0 unspecified atom stereocenters. The highest BCUT2D eigenvalue weighted by Crippen LogP contribution is 2.03. The molecule has 0 atom stereocenters. The van der Waals surface area contributed by atoms with Crippen LogP contribution in [0.25, 0.3) is 0 Å². The van der Waals surface area contributed by atoms with Crippen LogP contribution in [-0.4, -0.2) is 8.42 Å². The van der Waals surface area contributed by atoms with Crippen molar-refractivity contribution >= 4 is 34.2 Å². The molecule has 0 radical (unpaired) electrons. The predicted octanol–water partition coefficient (Wildman–Crippen LogP) is 1.68. The first-order valence-electron chi connectivity index (χ1n) is 3.28. The Labute approximate surface area is 88.7 Å². The molecule has 1 N–H and O–H groups in total. The van der Waals surface area contributed by atoms with Gasteiger partial charge in [0.1, 0.15) is 0 Å². The molecule has 0 bridgehead atoms. The van der Waals surface area contributed by atoms with E-state index < -0.39 is 10.0 Å². The lowest BCUT2D eigenvalue weighted by Gasteiger charge is -1.99. The second-order valence-corrected chi connectivity index (χ2v) is 4.46. The number of hydrogen-bond acceptors (Lipinski definition) is 2. The molecule has 0 spiro atoms. The van der Waals surface area contributed by atoms with Gasteiger partial charge in [-0.25, -0.2) is 8.42 Å². The minimum Gasteiger partial charge on any atom is -0.211 e. The summed E-state index contributed by atoms with van der Waals surface area (Å²) in [6, 6.07) is 8.83. The zero-order valence-corrected chi connectivity index (χ0v) is 8.99. The van der Waals surface area contributed by atoms with Crippen molar-refractivity contribution in [3.05, 3.63) is 35.9 Å². The SMILES string of the molecule is Cl.O=S(=O)(Cc1ccccc1)NCl. The zero-order valence-electron chi connectivity index (χ0n) is 6.60. The smallest absolute Gasteiger partial charge is 0.211 e. The largest absolute Gasteiger partial charge is 0.229 e. The van der Waals surface area contributed by atoms with Crippen LogP contribution in [0.5, 0.6) is 0 Å². The van der Waals surface area contributed by atoms with Crippen molar-refractivity contribution in [3.8, 4) is 0 Å². The van der Waals surface area contributed by atoms with Crippen LogP contribution in [0.1, 0.15) is 5.56 Å². The van der Waals surface area contributed by atoms with Gasteiger partial charge in [0.2, 0.25) is 10.0 Å². The lowest BCUT2D eigenvalue weighted by molar-refractivity contribution is 0.593. The summed E-state index contributed by atoms with van der Waals surface area (Å²) in [7, 11) is -3.36. The third-order valence-electron chi connectivity index (χ3n) is 1.32. The van der Waals surface area contributed by atoms with Gasteiger partial charge in [0.05, 0.1) is 5.75 Å². The molecule has 0 aliphatic carbocycles. The van der Waals surface area contributed by atoms with Crippen molar-refractivity contribution in [2.24, 2.45) is 0 Å². The Morgan fingerprint density at radius 1 is 1.23 bits per heavy atom. The number of hydrogen-bond donors (Lipinski definition) is 1. The van der Waals surface area contributed by atoms with Crippen LogP contribution in [0.2, 0.25) is 0 Å². The summed E-state index contributed by atoms with van der Waals surface area (Å²) in [5.41, 5.74) is 0.714. The number of benzene rings is 1. The average Bonchev–Trinajstić information content (AvgIpc) is 2.06. The van der Waals surface area contributed by atoms with E-state index in [-0.39, 0.29) is 18.2 Å². The molecule has 0 aromatic heterocycles. The van der Waals surface area contributed by atoms with E-state index in [4.69, 9.17) is 11.8 Å². The molecular weight excluding hydrogens is 233 g/mol. The zero-order chi connectivity index (χ0) is 9.03. The Balaban J connectivity index is 0.00000144. The fourth-order valence-corrected chi connectivity index (χ4v) is 1.67. The molecule has 0 aliphatic heterocycles. The van der Waals surface area contributed by atoms with E-state index in [1.165, 1.54) is 0 Å². The van der Waals surface area contributed by atoms with E-state index >= 15 is 0 Å². The average molecular weight is 242 g/mol. The Morgan fingerprint density at radius 2 is 1.77 bits per heavy atom. The minimum absolute atomic E-state index is 0. The van der Waals surface area contributed by atoms with Gasteiger partial charge < -0.3 is 0 Å². The molecule has 0 saturated carbocycles. The minimum atomic E-state index is -3.36. The fraction of sp³-hybridized carbons (Fsp3) is 0.143. The Kier molecular flexibility index (Phi) is 5.32. The van der Waals surface area contributed by atoms with Crippen LogP contribution in [0.4, 0.5) is 0 Å². The molecule has 74 valence electrons. The number of halogens is 2. The van der Waals surface area contributed by atoms with Crippen LogP contribution >= 0.6 is 24.2 Å². The van der Waals surface area contributed by atoms with Crippen molar-refractivity contribution in [2.45, 2.75) is 5.75 Å². The summed E-state index contributed by atoms with van der Waals surface area (Å²) in [6.07, 6.45) is 0. The quantitative estimate of drug-likeness (QED) is 0.819. The van der Waals surface area contributed by atoms with E-state index in [0.717, 1.165) is 0 Å². The summed E-state index contributed by atoms with van der Waals surface area (Å²) >= 11 is 5.01. The van der Waals surface area contributed by atoms with E-state index in [9.17, 15) is 8.42 Å². The molecule has 1 rings (SSSR count). The molecule has 0 saturated heterocycles. The molecule has 0 aliphatic rings. The highest BCUT2D eigenvalue weighted by Gasteiger charge is 2.08. The first kappa shape index (κ1) is 12.7. The van der Waals surface area contributed by atoms with Crippen molar-refractivity contribution in [3.63, 3.8) is 0 Å². The lowest BCUT2D eigenvalue weighted by atomic mass is 10.2. The van der Waals surface area contributed by atoms with Crippen LogP contribution in [0.15, 0.2) is 30.3 Å². The van der Waals surface area contributed by atoms with Gasteiger partial charge in [-0.2, -0.15) is 0 Å². The second kappa shape index (κ2) is 5.44. The topological polar surface area (TPSA) is 46.2 Å². The molecule has 1 aromatic rings. The van der Waals surface area contributed by atoms with E-state index in [1.54, 1.807) is 28.5 Å². The monoisotopic (exact) mass is 241 g/mol. The maximum atomic E-state index is 10.9. The maximum Gasteiger partial charge on any atom is 0.229 e. The van der Waals surface area contributed by atoms with Gasteiger partial charge in [-0.3, -0.25) is 0 Å². The molecule has 6 heteroatoms. The Morgan fingerprint density at radius 3 is 2.23 bits per heavy atom. The van der Waals surface area contributed by atoms with Crippen molar-refractivity contribution in [1.29, 1.82) is 0 Å². The molecule has 0 heterocycles. The van der Waals surface area contributed by atoms with Gasteiger partial charge in [-0.05, 0) is 17.3 Å². The number of rotatable bonds is 3. The second-order valence-electron chi connectivity index (χ2n) is 2.32. The molecular formula is C7H9Cl2NO2S. The summed E-state index contributed by atoms with van der Waals surface area (Å²) in [6.45, 7) is 0. The fourth-order valence-electron chi connectivity index (χ4n) is 0.821. The molecule has 13 heavy (non-hydrogen) atoms. The molecule has 0 fully saturated rings. The molecule has 0 amide bonds. The van der Waals surface area contributed by atoms with Crippen molar-refractivity contribution in [1.82, 2.24) is 4.24 Å². The van der Waals surface area contributed by atoms with Gasteiger partial charge in [0, 0.05) is 0 Å². The summed E-state index contributed by atoms with van der Waals surface area (Å²) in [5, 5.41) is 0. The van der Waals surface area contributed by atoms with Gasteiger partial charge in [0.25, 0.3) is 0 Å². The summed E-state index contributed by atoms with van der Waals surface area (Å²) in [4.78, 5) is 0. The standard InChI is InChI=1S/C7H8ClNO2S.ClH/c8-9-12(10,11)6-7-4-2-1-3-5-7;/h1-5,9H,6H2;1H. The first-order chi connectivity index (χ1) is 5.64. The van der Waals surface area contributed by atoms with Crippen LogP contribution in [0, 0.1) is 0 Å². The van der Waals surface area contributed by atoms with Crippen LogP contribution in [0.3, 0.4) is 0 Å². The lowest BCUT2D eigenvalue weighted by Crippen LogP contribution is -2.15.